The summed E-state index contributed by atoms with van der Waals surface area (Å²) in [5.74, 6) is 1.20. The zero-order valence-corrected chi connectivity index (χ0v) is 16.4. The van der Waals surface area contributed by atoms with Crippen molar-refractivity contribution in [2.75, 3.05) is 18.8 Å². The molecule has 0 aliphatic carbocycles. The number of fused-ring (bicyclic) bond motifs is 1. The van der Waals surface area contributed by atoms with Crippen LogP contribution >= 0.6 is 11.8 Å². The van der Waals surface area contributed by atoms with Gasteiger partial charge < -0.3 is 9.64 Å². The summed E-state index contributed by atoms with van der Waals surface area (Å²) in [4.78, 5) is 33.1. The van der Waals surface area contributed by atoms with Crippen molar-refractivity contribution < 1.29 is 14.5 Å². The van der Waals surface area contributed by atoms with Crippen molar-refractivity contribution in [3.05, 3.63) is 34.5 Å². The fraction of sp³-hybridized carbons (Fsp3) is 0.500. The van der Waals surface area contributed by atoms with Crippen LogP contribution in [0.3, 0.4) is 0 Å². The van der Waals surface area contributed by atoms with E-state index in [1.54, 1.807) is 28.9 Å². The van der Waals surface area contributed by atoms with E-state index in [4.69, 9.17) is 4.74 Å². The maximum absolute atomic E-state index is 12.1. The lowest BCUT2D eigenvalue weighted by atomic mass is 10.2. The van der Waals surface area contributed by atoms with Crippen molar-refractivity contribution in [3.8, 4) is 0 Å². The molecule has 2 heterocycles. The summed E-state index contributed by atoms with van der Waals surface area (Å²) in [5.41, 5.74) is 0.656. The first-order chi connectivity index (χ1) is 12.7. The molecule has 8 nitrogen and oxygen atoms in total. The number of carbonyl (C=O) groups is 1. The maximum Gasteiger partial charge on any atom is 0.410 e. The van der Waals surface area contributed by atoms with Crippen LogP contribution in [-0.2, 0) is 4.74 Å². The summed E-state index contributed by atoms with van der Waals surface area (Å²) in [6, 6.07) is 4.47. The second-order valence-corrected chi connectivity index (χ2v) is 8.57. The van der Waals surface area contributed by atoms with Gasteiger partial charge in [-0.3, -0.25) is 15.1 Å². The smallest absolute Gasteiger partial charge is 0.410 e. The normalized spacial score (nSPS) is 17.3. The van der Waals surface area contributed by atoms with Gasteiger partial charge in [-0.05, 0) is 39.2 Å². The molecule has 0 bridgehead atoms. The Morgan fingerprint density at radius 3 is 2.89 bits per heavy atom. The molecule has 1 aromatic heterocycles. The van der Waals surface area contributed by atoms with E-state index in [0.717, 1.165) is 17.2 Å². The molecule has 1 atom stereocenters. The second-order valence-electron chi connectivity index (χ2n) is 7.53. The number of hydrogen-bond donors (Lipinski definition) is 0. The molecule has 27 heavy (non-hydrogen) atoms. The summed E-state index contributed by atoms with van der Waals surface area (Å²) >= 11 is 1.58. The van der Waals surface area contributed by atoms with Gasteiger partial charge in [-0.15, -0.1) is 11.8 Å². The van der Waals surface area contributed by atoms with Crippen LogP contribution in [0, 0.1) is 16.0 Å². The molecular formula is C18H22N4O4S. The molecule has 2 aromatic rings. The number of nitrogens with zero attached hydrogens (tertiary/aromatic N) is 4. The van der Waals surface area contributed by atoms with Crippen LogP contribution in [0.1, 0.15) is 27.2 Å². The lowest BCUT2D eigenvalue weighted by molar-refractivity contribution is -0.384. The highest BCUT2D eigenvalue weighted by molar-refractivity contribution is 7.99. The van der Waals surface area contributed by atoms with E-state index in [0.29, 0.717) is 30.0 Å². The third kappa shape index (κ3) is 5.06. The third-order valence-corrected chi connectivity index (χ3v) is 5.25. The Balaban J connectivity index is 1.57. The van der Waals surface area contributed by atoms with Crippen LogP contribution < -0.4 is 0 Å². The van der Waals surface area contributed by atoms with E-state index in [9.17, 15) is 14.9 Å². The first kappa shape index (κ1) is 19.3. The number of rotatable bonds is 4. The highest BCUT2D eigenvalue weighted by atomic mass is 32.2. The van der Waals surface area contributed by atoms with Gasteiger partial charge in [-0.25, -0.2) is 9.78 Å². The first-order valence-corrected chi connectivity index (χ1v) is 9.72. The molecule has 0 N–H and O–H groups in total. The average Bonchev–Trinajstić information content (AvgIpc) is 3.07. The Kier molecular flexibility index (Phi) is 5.50. The minimum Gasteiger partial charge on any atom is -0.444 e. The number of amides is 1. The van der Waals surface area contributed by atoms with Gasteiger partial charge in [0.2, 0.25) is 0 Å². The molecule has 0 unspecified atom stereocenters. The van der Waals surface area contributed by atoms with Gasteiger partial charge in [0.25, 0.3) is 5.69 Å². The number of nitro benzene ring substituents is 1. The van der Waals surface area contributed by atoms with Crippen molar-refractivity contribution in [2.24, 2.45) is 5.92 Å². The predicted molar refractivity (Wildman–Crippen MR) is 103 cm³/mol. The fourth-order valence-electron chi connectivity index (χ4n) is 2.83. The van der Waals surface area contributed by atoms with Crippen molar-refractivity contribution in [1.29, 1.82) is 0 Å². The number of thioether (sulfide) groups is 1. The molecule has 0 spiro atoms. The molecule has 1 amide bonds. The zero-order chi connectivity index (χ0) is 19.6. The summed E-state index contributed by atoms with van der Waals surface area (Å²) in [6.45, 7) is 6.96. The molecular weight excluding hydrogens is 368 g/mol. The summed E-state index contributed by atoms with van der Waals surface area (Å²) in [6.07, 6.45) is 2.30. The second kappa shape index (κ2) is 7.67. The van der Waals surface area contributed by atoms with Crippen molar-refractivity contribution in [2.45, 2.75) is 37.8 Å². The highest BCUT2D eigenvalue weighted by Gasteiger charge is 2.29. The Morgan fingerprint density at radius 1 is 1.41 bits per heavy atom. The van der Waals surface area contributed by atoms with E-state index in [1.807, 2.05) is 20.8 Å². The Hall–Kier alpha value is -2.42. The number of aromatic nitrogens is 2. The molecule has 1 aromatic carbocycles. The van der Waals surface area contributed by atoms with E-state index < -0.39 is 10.5 Å². The quantitative estimate of drug-likeness (QED) is 0.444. The van der Waals surface area contributed by atoms with E-state index in [-0.39, 0.29) is 11.8 Å². The van der Waals surface area contributed by atoms with Gasteiger partial charge in [-0.2, -0.15) is 0 Å². The van der Waals surface area contributed by atoms with Crippen molar-refractivity contribution in [1.82, 2.24) is 14.9 Å². The number of carbonyl (C=O) groups excluding carboxylic acids is 1. The van der Waals surface area contributed by atoms with E-state index in [2.05, 4.69) is 9.97 Å². The van der Waals surface area contributed by atoms with Crippen molar-refractivity contribution >= 4 is 34.6 Å². The highest BCUT2D eigenvalue weighted by Crippen LogP contribution is 2.27. The van der Waals surface area contributed by atoms with Crippen LogP contribution in [0.4, 0.5) is 10.5 Å². The monoisotopic (exact) mass is 390 g/mol. The fourth-order valence-corrected chi connectivity index (χ4v) is 3.80. The van der Waals surface area contributed by atoms with Crippen LogP contribution in [0.5, 0.6) is 0 Å². The topological polar surface area (TPSA) is 98.5 Å². The zero-order valence-electron chi connectivity index (χ0n) is 15.5. The Labute approximate surface area is 161 Å². The molecule has 9 heteroatoms. The number of benzene rings is 1. The van der Waals surface area contributed by atoms with Gasteiger partial charge in [-0.1, -0.05) is 0 Å². The van der Waals surface area contributed by atoms with Gasteiger partial charge in [0.1, 0.15) is 10.6 Å². The Morgan fingerprint density at radius 2 is 2.19 bits per heavy atom. The molecule has 1 aliphatic rings. The summed E-state index contributed by atoms with van der Waals surface area (Å²) < 4.78 is 5.42. The summed E-state index contributed by atoms with van der Waals surface area (Å²) in [5, 5.41) is 11.6. The molecule has 0 radical (unpaired) electrons. The minimum absolute atomic E-state index is 0.00499. The van der Waals surface area contributed by atoms with Gasteiger partial charge >= 0.3 is 6.09 Å². The van der Waals surface area contributed by atoms with E-state index >= 15 is 0 Å². The minimum atomic E-state index is -0.486. The number of non-ortho nitro benzene ring substituents is 1. The van der Waals surface area contributed by atoms with Gasteiger partial charge in [0.05, 0.1) is 22.2 Å². The molecule has 1 fully saturated rings. The van der Waals surface area contributed by atoms with Gasteiger partial charge in [0.15, 0.2) is 0 Å². The van der Waals surface area contributed by atoms with Crippen molar-refractivity contribution in [3.63, 3.8) is 0 Å². The Bertz CT molecular complexity index is 868. The predicted octanol–water partition coefficient (Wildman–Crippen LogP) is 3.89. The molecule has 1 aliphatic heterocycles. The number of hydrogen-bond acceptors (Lipinski definition) is 7. The largest absolute Gasteiger partial charge is 0.444 e. The molecule has 1 saturated heterocycles. The molecule has 144 valence electrons. The van der Waals surface area contributed by atoms with Crippen LogP contribution in [0.2, 0.25) is 0 Å². The maximum atomic E-state index is 12.1. The first-order valence-electron chi connectivity index (χ1n) is 8.73. The van der Waals surface area contributed by atoms with Crippen LogP contribution in [-0.4, -0.2) is 50.3 Å². The SMILES string of the molecule is CC(C)(C)OC(=O)N1CC[C@H](CSc2cnc3cc([N+](=O)[O-])ccc3n2)C1. The number of nitro groups is 1. The third-order valence-electron chi connectivity index (χ3n) is 4.12. The molecule has 3 rings (SSSR count). The van der Waals surface area contributed by atoms with Crippen LogP contribution in [0.25, 0.3) is 11.0 Å². The lowest BCUT2D eigenvalue weighted by Gasteiger charge is -2.24. The van der Waals surface area contributed by atoms with Gasteiger partial charge in [0, 0.05) is 31.0 Å². The van der Waals surface area contributed by atoms with E-state index in [1.165, 1.54) is 12.1 Å². The van der Waals surface area contributed by atoms with Crippen LogP contribution in [0.15, 0.2) is 29.4 Å². The number of ether oxygens (including phenoxy) is 1. The average molecular weight is 390 g/mol. The number of likely N-dealkylation sites (tertiary alicyclic amines) is 1. The molecule has 0 saturated carbocycles. The lowest BCUT2D eigenvalue weighted by Crippen LogP contribution is -2.35. The summed E-state index contributed by atoms with van der Waals surface area (Å²) in [7, 11) is 0. The standard InChI is InChI=1S/C18H22N4O4S/c1-18(2,3)26-17(23)21-7-6-12(10-21)11-27-16-9-19-15-8-13(22(24)25)4-5-14(15)20-16/h4-5,8-9,12H,6-7,10-11H2,1-3H3/t12-/m0/s1.